The van der Waals surface area contributed by atoms with E-state index >= 15 is 0 Å². The fraction of sp³-hybridized carbons (Fsp3) is 0.429. The molecule has 1 saturated heterocycles. The molecule has 1 heterocycles. The molecule has 0 bridgehead atoms. The quantitative estimate of drug-likeness (QED) is 0.896. The highest BCUT2D eigenvalue weighted by Crippen LogP contribution is 2.29. The summed E-state index contributed by atoms with van der Waals surface area (Å²) in [4.78, 5) is 2.59. The summed E-state index contributed by atoms with van der Waals surface area (Å²) in [6.07, 6.45) is 1.22. The average Bonchev–Trinajstić information content (AvgIpc) is 2.56. The van der Waals surface area contributed by atoms with Gasteiger partial charge in [0.05, 0.1) is 0 Å². The zero-order chi connectivity index (χ0) is 16.1. The molecular weight excluding hydrogens is 280 g/mol. The lowest BCUT2D eigenvalue weighted by Gasteiger charge is -2.40. The molecule has 0 spiro atoms. The zero-order valence-electron chi connectivity index (χ0n) is 14.3. The van der Waals surface area contributed by atoms with Gasteiger partial charge in [-0.3, -0.25) is 4.90 Å². The van der Waals surface area contributed by atoms with E-state index in [1.165, 1.54) is 24.1 Å². The van der Waals surface area contributed by atoms with Crippen molar-refractivity contribution in [3.8, 4) is 0 Å². The molecule has 1 aliphatic heterocycles. The molecule has 0 radical (unpaired) electrons. The van der Waals surface area contributed by atoms with Crippen molar-refractivity contribution >= 4 is 0 Å². The summed E-state index contributed by atoms with van der Waals surface area (Å²) in [5.74, 6) is 0.616. The zero-order valence-corrected chi connectivity index (χ0v) is 14.3. The van der Waals surface area contributed by atoms with E-state index in [0.29, 0.717) is 18.0 Å². The highest BCUT2D eigenvalue weighted by molar-refractivity contribution is 5.23. The predicted octanol–water partition coefficient (Wildman–Crippen LogP) is 4.04. The molecule has 122 valence electrons. The van der Waals surface area contributed by atoms with Crippen LogP contribution in [0.3, 0.4) is 0 Å². The minimum atomic E-state index is 0.517. The van der Waals surface area contributed by atoms with Gasteiger partial charge in [0.1, 0.15) is 0 Å². The fourth-order valence-corrected chi connectivity index (χ4v) is 3.70. The molecule has 2 nitrogen and oxygen atoms in total. The van der Waals surface area contributed by atoms with E-state index in [1.54, 1.807) is 0 Å². The van der Waals surface area contributed by atoms with Crippen LogP contribution in [0.1, 0.15) is 37.3 Å². The number of likely N-dealkylation sites (tertiary alicyclic amines) is 1. The Morgan fingerprint density at radius 1 is 1.00 bits per heavy atom. The standard InChI is InChI=1S/C21H28N2/c1-17(2)22-21-16-23(15-18-9-5-3-6-10-18)14-13-20(21)19-11-7-4-8-12-19/h3-12,17,20-22H,13-16H2,1-2H3. The highest BCUT2D eigenvalue weighted by Gasteiger charge is 2.30. The maximum atomic E-state index is 3.80. The Morgan fingerprint density at radius 3 is 2.30 bits per heavy atom. The predicted molar refractivity (Wildman–Crippen MR) is 97.6 cm³/mol. The lowest BCUT2D eigenvalue weighted by atomic mass is 9.84. The van der Waals surface area contributed by atoms with E-state index in [9.17, 15) is 0 Å². The smallest absolute Gasteiger partial charge is 0.0266 e. The first-order chi connectivity index (χ1) is 11.2. The van der Waals surface area contributed by atoms with Gasteiger partial charge in [-0.1, -0.05) is 74.5 Å². The summed E-state index contributed by atoms with van der Waals surface area (Å²) in [6, 6.07) is 22.9. The monoisotopic (exact) mass is 308 g/mol. The van der Waals surface area contributed by atoms with Gasteiger partial charge in [-0.25, -0.2) is 0 Å². The van der Waals surface area contributed by atoms with E-state index in [2.05, 4.69) is 84.7 Å². The topological polar surface area (TPSA) is 15.3 Å². The summed E-state index contributed by atoms with van der Waals surface area (Å²) < 4.78 is 0. The molecule has 1 fully saturated rings. The van der Waals surface area contributed by atoms with E-state index in [1.807, 2.05) is 0 Å². The van der Waals surface area contributed by atoms with Crippen molar-refractivity contribution in [2.45, 2.75) is 44.8 Å². The minimum absolute atomic E-state index is 0.517. The van der Waals surface area contributed by atoms with Crippen molar-refractivity contribution in [2.24, 2.45) is 0 Å². The Bertz CT molecular complexity index is 579. The maximum absolute atomic E-state index is 3.80. The molecule has 2 aromatic rings. The third kappa shape index (κ3) is 4.43. The molecule has 1 aliphatic rings. The molecule has 1 N–H and O–H groups in total. The molecule has 3 rings (SSSR count). The third-order valence-corrected chi connectivity index (χ3v) is 4.72. The number of hydrogen-bond acceptors (Lipinski definition) is 2. The molecular formula is C21H28N2. The molecule has 2 unspecified atom stereocenters. The van der Waals surface area contributed by atoms with Crippen LogP contribution in [-0.2, 0) is 6.54 Å². The number of piperidine rings is 1. The van der Waals surface area contributed by atoms with Gasteiger partial charge >= 0.3 is 0 Å². The van der Waals surface area contributed by atoms with Gasteiger partial charge in [-0.2, -0.15) is 0 Å². The number of nitrogens with zero attached hydrogens (tertiary/aromatic N) is 1. The number of rotatable bonds is 5. The van der Waals surface area contributed by atoms with E-state index < -0.39 is 0 Å². The van der Waals surface area contributed by atoms with Crippen molar-refractivity contribution < 1.29 is 0 Å². The van der Waals surface area contributed by atoms with Crippen molar-refractivity contribution in [3.05, 3.63) is 71.8 Å². The second-order valence-electron chi connectivity index (χ2n) is 6.95. The molecule has 2 atom stereocenters. The SMILES string of the molecule is CC(C)NC1CN(Cc2ccccc2)CCC1c1ccccc1. The molecule has 0 amide bonds. The lowest BCUT2D eigenvalue weighted by Crippen LogP contribution is -2.51. The van der Waals surface area contributed by atoms with Gasteiger partial charge in [-0.15, -0.1) is 0 Å². The molecule has 0 aliphatic carbocycles. The summed E-state index contributed by atoms with van der Waals surface area (Å²) >= 11 is 0. The highest BCUT2D eigenvalue weighted by atomic mass is 15.2. The van der Waals surface area contributed by atoms with Crippen molar-refractivity contribution in [2.75, 3.05) is 13.1 Å². The molecule has 0 saturated carbocycles. The van der Waals surface area contributed by atoms with Crippen LogP contribution in [0.15, 0.2) is 60.7 Å². The average molecular weight is 308 g/mol. The fourth-order valence-electron chi connectivity index (χ4n) is 3.70. The first kappa shape index (κ1) is 16.2. The van der Waals surface area contributed by atoms with Crippen LogP contribution in [0, 0.1) is 0 Å². The van der Waals surface area contributed by atoms with E-state index in [0.717, 1.165) is 13.1 Å². The van der Waals surface area contributed by atoms with Crippen LogP contribution >= 0.6 is 0 Å². The second-order valence-corrected chi connectivity index (χ2v) is 6.95. The van der Waals surface area contributed by atoms with Crippen molar-refractivity contribution in [3.63, 3.8) is 0 Å². The summed E-state index contributed by atoms with van der Waals surface area (Å²) in [5, 5.41) is 3.80. The van der Waals surface area contributed by atoms with Gasteiger partial charge in [-0.05, 0) is 24.1 Å². The minimum Gasteiger partial charge on any atom is -0.310 e. The van der Waals surface area contributed by atoms with Gasteiger partial charge in [0.2, 0.25) is 0 Å². The summed E-state index contributed by atoms with van der Waals surface area (Å²) in [5.41, 5.74) is 2.89. The number of hydrogen-bond donors (Lipinski definition) is 1. The molecule has 2 heteroatoms. The van der Waals surface area contributed by atoms with Gasteiger partial charge in [0.25, 0.3) is 0 Å². The first-order valence-corrected chi connectivity index (χ1v) is 8.79. The van der Waals surface area contributed by atoms with Crippen molar-refractivity contribution in [1.82, 2.24) is 10.2 Å². The van der Waals surface area contributed by atoms with Crippen molar-refractivity contribution in [1.29, 1.82) is 0 Å². The summed E-state index contributed by atoms with van der Waals surface area (Å²) in [7, 11) is 0. The van der Waals surface area contributed by atoms with Gasteiger partial charge < -0.3 is 5.32 Å². The molecule has 2 aromatic carbocycles. The summed E-state index contributed by atoms with van der Waals surface area (Å²) in [6.45, 7) is 7.84. The van der Waals surface area contributed by atoms with Crippen LogP contribution in [-0.4, -0.2) is 30.1 Å². The Hall–Kier alpha value is -1.64. The van der Waals surface area contributed by atoms with Crippen LogP contribution < -0.4 is 5.32 Å². The van der Waals surface area contributed by atoms with E-state index in [4.69, 9.17) is 0 Å². The van der Waals surface area contributed by atoms with Gasteiger partial charge in [0, 0.05) is 31.1 Å². The second kappa shape index (κ2) is 7.76. The van der Waals surface area contributed by atoms with Crippen LogP contribution in [0.2, 0.25) is 0 Å². The molecule has 0 aromatic heterocycles. The van der Waals surface area contributed by atoms with Crippen LogP contribution in [0.4, 0.5) is 0 Å². The Kier molecular flexibility index (Phi) is 5.47. The number of nitrogens with one attached hydrogen (secondary N) is 1. The first-order valence-electron chi connectivity index (χ1n) is 8.79. The lowest BCUT2D eigenvalue weighted by molar-refractivity contribution is 0.159. The number of benzene rings is 2. The van der Waals surface area contributed by atoms with Gasteiger partial charge in [0.15, 0.2) is 0 Å². The molecule has 23 heavy (non-hydrogen) atoms. The third-order valence-electron chi connectivity index (χ3n) is 4.72. The maximum Gasteiger partial charge on any atom is 0.0266 e. The van der Waals surface area contributed by atoms with Crippen LogP contribution in [0.5, 0.6) is 0 Å². The normalized spacial score (nSPS) is 22.4. The Morgan fingerprint density at radius 2 is 1.65 bits per heavy atom. The Labute approximate surface area is 140 Å². The van der Waals surface area contributed by atoms with Crippen LogP contribution in [0.25, 0.3) is 0 Å². The largest absolute Gasteiger partial charge is 0.310 e. The Balaban J connectivity index is 1.70. The van der Waals surface area contributed by atoms with E-state index in [-0.39, 0.29) is 0 Å².